The highest BCUT2D eigenvalue weighted by Crippen LogP contribution is 2.15. The molecular weight excluding hydrogens is 358 g/mol. The van der Waals surface area contributed by atoms with E-state index >= 15 is 0 Å². The molecule has 7 heteroatoms. The van der Waals surface area contributed by atoms with Crippen molar-refractivity contribution in [1.29, 1.82) is 0 Å². The number of phenols is 1. The number of nitrogens with two attached hydrogens (primary N) is 1. The first-order chi connectivity index (χ1) is 13.2. The third kappa shape index (κ3) is 10.8. The summed E-state index contributed by atoms with van der Waals surface area (Å²) >= 11 is 0. The number of unbranched alkanes of at least 4 members (excludes halogenated alkanes) is 2. The van der Waals surface area contributed by atoms with Gasteiger partial charge in [0.1, 0.15) is 5.75 Å². The van der Waals surface area contributed by atoms with Gasteiger partial charge in [-0.3, -0.25) is 4.79 Å². The summed E-state index contributed by atoms with van der Waals surface area (Å²) in [5.74, 6) is -0.0715. The van der Waals surface area contributed by atoms with Crippen LogP contribution < -0.4 is 16.4 Å². The zero-order valence-electron chi connectivity index (χ0n) is 17.3. The molecule has 0 unspecified atom stereocenters. The Bertz CT molecular complexity index is 614. The van der Waals surface area contributed by atoms with Crippen LogP contribution in [0.5, 0.6) is 5.75 Å². The van der Waals surface area contributed by atoms with Gasteiger partial charge in [0.15, 0.2) is 6.10 Å². The fourth-order valence-electron chi connectivity index (χ4n) is 2.68. The van der Waals surface area contributed by atoms with Gasteiger partial charge in [0.25, 0.3) is 5.91 Å². The van der Waals surface area contributed by atoms with Gasteiger partial charge in [0.2, 0.25) is 0 Å². The molecule has 0 saturated heterocycles. The first kappa shape index (κ1) is 23.8. The number of benzene rings is 1. The first-order valence-corrected chi connectivity index (χ1v) is 9.96. The lowest BCUT2D eigenvalue weighted by Crippen LogP contribution is -2.45. The van der Waals surface area contributed by atoms with Gasteiger partial charge in [-0.2, -0.15) is 0 Å². The molecule has 1 atom stereocenters. The molecule has 1 rings (SSSR count). The monoisotopic (exact) mass is 393 g/mol. The Morgan fingerprint density at radius 2 is 1.93 bits per heavy atom. The summed E-state index contributed by atoms with van der Waals surface area (Å²) in [6.07, 6.45) is 2.99. The average Bonchev–Trinajstić information content (AvgIpc) is 2.59. The van der Waals surface area contributed by atoms with Crippen LogP contribution in [0.3, 0.4) is 0 Å². The summed E-state index contributed by atoms with van der Waals surface area (Å²) in [4.78, 5) is 24.6. The zero-order valence-corrected chi connectivity index (χ0v) is 17.3. The van der Waals surface area contributed by atoms with Crippen LogP contribution in [0.2, 0.25) is 0 Å². The van der Waals surface area contributed by atoms with Crippen molar-refractivity contribution in [3.63, 3.8) is 0 Å². The van der Waals surface area contributed by atoms with Crippen LogP contribution in [0.1, 0.15) is 58.4 Å². The Morgan fingerprint density at radius 3 is 2.57 bits per heavy atom. The molecule has 7 nitrogen and oxygen atoms in total. The lowest BCUT2D eigenvalue weighted by molar-refractivity contribution is -0.130. The van der Waals surface area contributed by atoms with Crippen molar-refractivity contribution >= 4 is 12.0 Å². The summed E-state index contributed by atoms with van der Waals surface area (Å²) in [5, 5.41) is 15.1. The van der Waals surface area contributed by atoms with Gasteiger partial charge in [-0.25, -0.2) is 4.79 Å². The highest BCUT2D eigenvalue weighted by molar-refractivity contribution is 5.83. The largest absolute Gasteiger partial charge is 0.508 e. The van der Waals surface area contributed by atoms with Crippen molar-refractivity contribution in [2.75, 3.05) is 13.1 Å². The number of phenolic OH excluding ortho intramolecular Hbond substituents is 1. The Morgan fingerprint density at radius 1 is 1.18 bits per heavy atom. The van der Waals surface area contributed by atoms with E-state index in [-0.39, 0.29) is 11.7 Å². The molecule has 2 amide bonds. The van der Waals surface area contributed by atoms with Crippen molar-refractivity contribution < 1.29 is 19.4 Å². The van der Waals surface area contributed by atoms with Crippen LogP contribution in [0.15, 0.2) is 24.3 Å². The molecule has 0 saturated carbocycles. The molecular formula is C21H35N3O4. The Labute approximate surface area is 168 Å². The van der Waals surface area contributed by atoms with Gasteiger partial charge in [-0.15, -0.1) is 0 Å². The van der Waals surface area contributed by atoms with E-state index in [1.165, 1.54) is 0 Å². The summed E-state index contributed by atoms with van der Waals surface area (Å²) in [6.45, 7) is 6.72. The van der Waals surface area contributed by atoms with E-state index in [0.717, 1.165) is 24.8 Å². The number of nitrogens with one attached hydrogen (secondary N) is 2. The van der Waals surface area contributed by atoms with E-state index in [1.807, 2.05) is 26.8 Å². The van der Waals surface area contributed by atoms with Crippen LogP contribution in [0, 0.1) is 0 Å². The second-order valence-corrected chi connectivity index (χ2v) is 7.97. The van der Waals surface area contributed by atoms with Crippen LogP contribution >= 0.6 is 0 Å². The number of carbonyl (C=O) groups excluding carboxylic acids is 2. The number of hydrogen-bond acceptors (Lipinski definition) is 5. The number of hydrogen-bond donors (Lipinski definition) is 4. The molecule has 0 aliphatic carbocycles. The van der Waals surface area contributed by atoms with Crippen molar-refractivity contribution in [2.24, 2.45) is 5.73 Å². The Kier molecular flexibility index (Phi) is 10.4. The lowest BCUT2D eigenvalue weighted by Gasteiger charge is -2.23. The van der Waals surface area contributed by atoms with Crippen molar-refractivity contribution in [1.82, 2.24) is 10.6 Å². The standard InChI is InChI=1S/C21H35N3O4/c1-21(2,3)24-20(27)28-18(19(26)23-14-6-4-5-13-22)12-8-10-16-9-7-11-17(25)15-16/h7,9,11,15,18,25H,4-6,8,10,12-14,22H2,1-3H3,(H,23,26)(H,24,27)/t18-/m0/s1. The van der Waals surface area contributed by atoms with Crippen molar-refractivity contribution in [3.8, 4) is 5.75 Å². The Balaban J connectivity index is 2.57. The number of aryl methyl sites for hydroxylation is 1. The molecule has 0 aliphatic rings. The van der Waals surface area contributed by atoms with Gasteiger partial charge in [0.05, 0.1) is 0 Å². The van der Waals surface area contributed by atoms with E-state index in [9.17, 15) is 14.7 Å². The number of ether oxygens (including phenoxy) is 1. The van der Waals surface area contributed by atoms with Gasteiger partial charge in [-0.05, 0) is 77.1 Å². The minimum absolute atomic E-state index is 0.213. The quantitative estimate of drug-likeness (QED) is 0.432. The first-order valence-electron chi connectivity index (χ1n) is 9.96. The van der Waals surface area contributed by atoms with Crippen LogP contribution in [-0.2, 0) is 16.0 Å². The molecule has 0 radical (unpaired) electrons. The predicted molar refractivity (Wildman–Crippen MR) is 110 cm³/mol. The molecule has 0 fully saturated rings. The highest BCUT2D eigenvalue weighted by Gasteiger charge is 2.24. The van der Waals surface area contributed by atoms with Gasteiger partial charge in [-0.1, -0.05) is 18.6 Å². The van der Waals surface area contributed by atoms with Crippen LogP contribution in [0.25, 0.3) is 0 Å². The zero-order chi connectivity index (χ0) is 21.0. The number of aromatic hydroxyl groups is 1. The molecule has 5 N–H and O–H groups in total. The minimum atomic E-state index is -0.853. The number of rotatable bonds is 11. The minimum Gasteiger partial charge on any atom is -0.508 e. The van der Waals surface area contributed by atoms with E-state index < -0.39 is 17.7 Å². The fraction of sp³-hybridized carbons (Fsp3) is 0.619. The van der Waals surface area contributed by atoms with E-state index in [1.54, 1.807) is 18.2 Å². The summed E-state index contributed by atoms with van der Waals surface area (Å²) in [6, 6.07) is 7.01. The summed E-state index contributed by atoms with van der Waals surface area (Å²) < 4.78 is 5.40. The maximum absolute atomic E-state index is 12.5. The van der Waals surface area contributed by atoms with E-state index in [2.05, 4.69) is 10.6 Å². The molecule has 28 heavy (non-hydrogen) atoms. The van der Waals surface area contributed by atoms with Crippen molar-refractivity contribution in [3.05, 3.63) is 29.8 Å². The maximum Gasteiger partial charge on any atom is 0.408 e. The van der Waals surface area contributed by atoms with Gasteiger partial charge >= 0.3 is 6.09 Å². The van der Waals surface area contributed by atoms with Gasteiger partial charge in [0, 0.05) is 12.1 Å². The molecule has 158 valence electrons. The van der Waals surface area contributed by atoms with Gasteiger partial charge < -0.3 is 26.2 Å². The summed E-state index contributed by atoms with van der Waals surface area (Å²) in [7, 11) is 0. The van der Waals surface area contributed by atoms with Crippen LogP contribution in [-0.4, -0.2) is 41.8 Å². The molecule has 0 bridgehead atoms. The third-order valence-corrected chi connectivity index (χ3v) is 4.04. The van der Waals surface area contributed by atoms with E-state index in [0.29, 0.717) is 32.4 Å². The van der Waals surface area contributed by atoms with Crippen molar-refractivity contribution in [2.45, 2.75) is 70.9 Å². The normalized spacial score (nSPS) is 12.3. The Hall–Kier alpha value is -2.28. The molecule has 1 aromatic carbocycles. The predicted octanol–water partition coefficient (Wildman–Crippen LogP) is 2.85. The molecule has 0 aromatic heterocycles. The lowest BCUT2D eigenvalue weighted by atomic mass is 10.1. The highest BCUT2D eigenvalue weighted by atomic mass is 16.6. The molecule has 1 aromatic rings. The van der Waals surface area contributed by atoms with E-state index in [4.69, 9.17) is 10.5 Å². The maximum atomic E-state index is 12.5. The second-order valence-electron chi connectivity index (χ2n) is 7.97. The third-order valence-electron chi connectivity index (χ3n) is 4.04. The number of amides is 2. The SMILES string of the molecule is CC(C)(C)NC(=O)O[C@@H](CCCc1cccc(O)c1)C(=O)NCCCCCN. The molecule has 0 spiro atoms. The number of carbonyl (C=O) groups is 2. The second kappa shape index (κ2) is 12.2. The smallest absolute Gasteiger partial charge is 0.408 e. The fourth-order valence-corrected chi connectivity index (χ4v) is 2.68. The molecule has 0 aliphatic heterocycles. The molecule has 0 heterocycles. The topological polar surface area (TPSA) is 114 Å². The average molecular weight is 394 g/mol. The van der Waals surface area contributed by atoms with Crippen LogP contribution in [0.4, 0.5) is 4.79 Å². The number of alkyl carbamates (subject to hydrolysis) is 1. The summed E-state index contributed by atoms with van der Waals surface area (Å²) in [5.41, 5.74) is 6.00.